The first-order valence-corrected chi connectivity index (χ1v) is 25.0. The zero-order valence-corrected chi connectivity index (χ0v) is 41.2. The largest absolute Gasteiger partial charge is 0.416 e. The van der Waals surface area contributed by atoms with Crippen LogP contribution in [0.2, 0.25) is 0 Å². The summed E-state index contributed by atoms with van der Waals surface area (Å²) < 4.78 is 75.4. The van der Waals surface area contributed by atoms with Crippen LogP contribution in [0.3, 0.4) is 0 Å². The van der Waals surface area contributed by atoms with E-state index in [9.17, 15) is 36.7 Å². The number of nitrogens with zero attached hydrogens (tertiary/aromatic N) is 6. The smallest absolute Gasteiger partial charge is 0.379 e. The highest BCUT2D eigenvalue weighted by Gasteiger charge is 2.42. The molecule has 5 aliphatic rings. The molecule has 17 nitrogen and oxygen atoms in total. The molecule has 1 unspecified atom stereocenters. The summed E-state index contributed by atoms with van der Waals surface area (Å²) in [4.78, 5) is 64.6. The van der Waals surface area contributed by atoms with Gasteiger partial charge in [0.2, 0.25) is 11.8 Å². The van der Waals surface area contributed by atoms with Crippen molar-refractivity contribution in [3.63, 3.8) is 0 Å². The first kappa shape index (κ1) is 52.2. The van der Waals surface area contributed by atoms with Crippen molar-refractivity contribution < 1.29 is 53.8 Å². The topological polar surface area (TPSA) is 197 Å². The molecule has 4 amide bonds. The van der Waals surface area contributed by atoms with Gasteiger partial charge in [-0.3, -0.25) is 45.1 Å². The number of nitrogens with one attached hydrogen (secondary N) is 4. The van der Waals surface area contributed by atoms with Crippen LogP contribution >= 0.6 is 0 Å². The molecule has 21 heteroatoms. The molecule has 0 bridgehead atoms. The van der Waals surface area contributed by atoms with Crippen molar-refractivity contribution in [2.75, 3.05) is 95.8 Å². The van der Waals surface area contributed by atoms with Gasteiger partial charge in [0, 0.05) is 109 Å². The third-order valence-electron chi connectivity index (χ3n) is 14.1. The number of alkyl halides is 3. The Hall–Kier alpha value is -6.65. The summed E-state index contributed by atoms with van der Waals surface area (Å²) in [5.74, 6) is -1.97. The molecule has 9 rings (SSSR count). The Morgan fingerprint density at radius 3 is 2.31 bits per heavy atom. The Kier molecular flexibility index (Phi) is 16.1. The minimum Gasteiger partial charge on any atom is -0.379 e. The SMILES string of the molecule is CN(C=N)C(=N)c1cc(F)ccc1-c1cc(C2CC2)nc(N2Cc3c(cc(CNCCOCCOCCOCCCN4CCN(c5ccc6c(c5)CN(C5CCC(=O)NC5=O)C6=O)CC4)cc3C(F)(F)F)C2=O)c1.[HH].[HH]. The second-order valence-corrected chi connectivity index (χ2v) is 19.2. The molecule has 3 fully saturated rings. The number of carbonyl (C=O) groups is 4. The second-order valence-electron chi connectivity index (χ2n) is 19.2. The van der Waals surface area contributed by atoms with Crippen LogP contribution in [0.5, 0.6) is 0 Å². The minimum atomic E-state index is -4.73. The first-order chi connectivity index (χ1) is 35.7. The van der Waals surface area contributed by atoms with Gasteiger partial charge in [-0.05, 0) is 108 Å². The van der Waals surface area contributed by atoms with Gasteiger partial charge in [0.25, 0.3) is 11.8 Å². The molecule has 1 aromatic heterocycles. The number of halogens is 4. The van der Waals surface area contributed by atoms with Crippen molar-refractivity contribution in [1.29, 1.82) is 10.8 Å². The molecule has 396 valence electrons. The highest BCUT2D eigenvalue weighted by molar-refractivity contribution is 6.11. The van der Waals surface area contributed by atoms with E-state index in [1.54, 1.807) is 11.0 Å². The Labute approximate surface area is 429 Å². The number of fused-ring (bicyclic) bond motifs is 2. The number of aromatic nitrogens is 1. The summed E-state index contributed by atoms with van der Waals surface area (Å²) >= 11 is 0. The van der Waals surface area contributed by atoms with E-state index in [-0.39, 0.29) is 80.6 Å². The maximum atomic E-state index is 14.6. The fourth-order valence-corrected chi connectivity index (χ4v) is 9.94. The van der Waals surface area contributed by atoms with E-state index in [2.05, 4.69) is 20.4 Å². The van der Waals surface area contributed by atoms with Gasteiger partial charge >= 0.3 is 6.18 Å². The van der Waals surface area contributed by atoms with Gasteiger partial charge < -0.3 is 34.2 Å². The van der Waals surface area contributed by atoms with Crippen LogP contribution in [0.4, 0.5) is 29.1 Å². The number of imide groups is 1. The van der Waals surface area contributed by atoms with Gasteiger partial charge in [0.1, 0.15) is 23.5 Å². The minimum absolute atomic E-state index is 0. The van der Waals surface area contributed by atoms with E-state index in [0.29, 0.717) is 74.9 Å². The fraction of sp³-hybridized carbons (Fsp3) is 0.453. The summed E-state index contributed by atoms with van der Waals surface area (Å²) in [6.07, 6.45) is -0.661. The van der Waals surface area contributed by atoms with E-state index < -0.39 is 35.4 Å². The van der Waals surface area contributed by atoms with Crippen molar-refractivity contribution >= 4 is 47.3 Å². The number of rotatable bonds is 22. The van der Waals surface area contributed by atoms with Crippen molar-refractivity contribution in [3.8, 4) is 11.1 Å². The van der Waals surface area contributed by atoms with Crippen LogP contribution in [0, 0.1) is 16.6 Å². The summed E-state index contributed by atoms with van der Waals surface area (Å²) in [5.41, 5.74) is 3.59. The van der Waals surface area contributed by atoms with E-state index in [4.69, 9.17) is 30.0 Å². The predicted octanol–water partition coefficient (Wildman–Crippen LogP) is 6.41. The maximum Gasteiger partial charge on any atom is 0.416 e. The molecule has 0 spiro atoms. The number of anilines is 2. The average Bonchev–Trinajstić information content (AvgIpc) is 4.13. The van der Waals surface area contributed by atoms with Crippen LogP contribution < -0.4 is 20.4 Å². The predicted molar refractivity (Wildman–Crippen MR) is 271 cm³/mol. The van der Waals surface area contributed by atoms with Gasteiger partial charge in [-0.25, -0.2) is 9.37 Å². The van der Waals surface area contributed by atoms with E-state index in [1.807, 2.05) is 24.3 Å². The number of hydrogen-bond acceptors (Lipinski definition) is 13. The third-order valence-corrected chi connectivity index (χ3v) is 14.1. The maximum absolute atomic E-state index is 14.6. The molecular formula is C53H64F4N10O7. The van der Waals surface area contributed by atoms with Gasteiger partial charge in [-0.1, -0.05) is 6.07 Å². The van der Waals surface area contributed by atoms with Crippen LogP contribution in [-0.2, 0) is 49.6 Å². The molecular weight excluding hydrogens is 965 g/mol. The van der Waals surface area contributed by atoms with Crippen LogP contribution in [-0.4, -0.2) is 147 Å². The van der Waals surface area contributed by atoms with E-state index in [1.165, 1.54) is 41.1 Å². The van der Waals surface area contributed by atoms with Gasteiger partial charge in [-0.2, -0.15) is 13.2 Å². The number of ether oxygens (including phenoxy) is 3. The highest BCUT2D eigenvalue weighted by atomic mass is 19.4. The quantitative estimate of drug-likeness (QED) is 0.0222. The molecule has 74 heavy (non-hydrogen) atoms. The zero-order valence-electron chi connectivity index (χ0n) is 41.2. The monoisotopic (exact) mass is 1030 g/mol. The lowest BCUT2D eigenvalue weighted by atomic mass is 9.97. The highest BCUT2D eigenvalue weighted by Crippen LogP contribution is 2.44. The van der Waals surface area contributed by atoms with Gasteiger partial charge in [0.05, 0.1) is 51.5 Å². The number of carbonyl (C=O) groups excluding carboxylic acids is 4. The zero-order chi connectivity index (χ0) is 52.1. The normalized spacial score (nSPS) is 18.0. The molecule has 3 aromatic carbocycles. The van der Waals surface area contributed by atoms with Crippen molar-refractivity contribution in [3.05, 3.63) is 111 Å². The van der Waals surface area contributed by atoms with Crippen molar-refractivity contribution in [2.24, 2.45) is 0 Å². The molecule has 2 saturated heterocycles. The molecule has 5 heterocycles. The lowest BCUT2D eigenvalue weighted by Gasteiger charge is -2.36. The molecule has 4 aliphatic heterocycles. The van der Waals surface area contributed by atoms with E-state index in [0.717, 1.165) is 75.6 Å². The summed E-state index contributed by atoms with van der Waals surface area (Å²) in [6, 6.07) is 15.1. The standard InChI is InChI=1S/C53H60F4N10O7.2H2/c1-63(32-58)49(59)41-28-37(54)5-7-39(41)35-26-45(34-3-4-34)61-47(27-35)67-31-43-42(52(67)71)23-33(24-44(43)53(55,56)57)29-60-11-18-73-20-22-74-21-19-72-17-2-12-64-13-15-65(16-14-64)38-6-8-40-36(25-38)30-66(51(40)70)46-9-10-48(68)62-50(46)69;;/h5-8,23-28,32,34,46,58-60H,2-4,9-22,29-31H2,1H3,(H,62,68,69);2*1H. The summed E-state index contributed by atoms with van der Waals surface area (Å²) in [7, 11) is 1.49. The number of hydrogen-bond donors (Lipinski definition) is 4. The summed E-state index contributed by atoms with van der Waals surface area (Å²) in [5, 5.41) is 21.7. The number of amidine groups is 1. The van der Waals surface area contributed by atoms with Crippen LogP contribution in [0.1, 0.15) is 95.1 Å². The molecule has 4 aromatic rings. The Morgan fingerprint density at radius 1 is 0.865 bits per heavy atom. The lowest BCUT2D eigenvalue weighted by Crippen LogP contribution is -2.52. The fourth-order valence-electron chi connectivity index (χ4n) is 9.94. The molecule has 4 N–H and O–H groups in total. The van der Waals surface area contributed by atoms with E-state index >= 15 is 0 Å². The lowest BCUT2D eigenvalue weighted by molar-refractivity contribution is -0.138. The molecule has 1 aliphatic carbocycles. The van der Waals surface area contributed by atoms with Crippen LogP contribution in [0.25, 0.3) is 11.1 Å². The Morgan fingerprint density at radius 2 is 1.59 bits per heavy atom. The Balaban J connectivity index is 0.00000420. The van der Waals surface area contributed by atoms with Crippen LogP contribution in [0.15, 0.2) is 60.7 Å². The molecule has 0 radical (unpaired) electrons. The first-order valence-electron chi connectivity index (χ1n) is 25.0. The number of pyridine rings is 1. The van der Waals surface area contributed by atoms with Crippen molar-refractivity contribution in [2.45, 2.75) is 69.9 Å². The number of piperidine rings is 1. The van der Waals surface area contributed by atoms with Crippen molar-refractivity contribution in [1.82, 2.24) is 30.3 Å². The summed E-state index contributed by atoms with van der Waals surface area (Å²) in [6.45, 7) is 7.21. The number of amides is 4. The average molecular weight is 1030 g/mol. The van der Waals surface area contributed by atoms with Gasteiger partial charge in [0.15, 0.2) is 0 Å². The number of benzene rings is 3. The van der Waals surface area contributed by atoms with Gasteiger partial charge in [-0.15, -0.1) is 0 Å². The number of piperazine rings is 1. The molecule has 1 atom stereocenters. The third kappa shape index (κ3) is 12.0. The second kappa shape index (κ2) is 22.9. The Bertz CT molecular complexity index is 2810. The molecule has 1 saturated carbocycles.